The van der Waals surface area contributed by atoms with E-state index in [0.29, 0.717) is 6.54 Å². The molecule has 2 heteroatoms. The third-order valence-electron chi connectivity index (χ3n) is 3.67. The van der Waals surface area contributed by atoms with Crippen molar-refractivity contribution < 1.29 is 4.74 Å². The van der Waals surface area contributed by atoms with Gasteiger partial charge >= 0.3 is 0 Å². The Labute approximate surface area is 114 Å². The standard InChI is InChI=1S/C17H19NO/c1-11-3-5-13(6-4-11)16-8-12(2)7-14-9-15(10-18)19-17(14)16/h3-8,15H,9-10,18H2,1-2H3/t15-/m0/s1. The van der Waals surface area contributed by atoms with Gasteiger partial charge in [-0.25, -0.2) is 0 Å². The number of hydrogen-bond acceptors (Lipinski definition) is 2. The Bertz CT molecular complexity index is 601. The SMILES string of the molecule is Cc1ccc(-c2cc(C)cc3c2O[C@H](CN)C3)cc1. The minimum atomic E-state index is 0.126. The van der Waals surface area contributed by atoms with Crippen LogP contribution in [-0.2, 0) is 6.42 Å². The molecule has 0 aromatic heterocycles. The Morgan fingerprint density at radius 1 is 1.11 bits per heavy atom. The maximum Gasteiger partial charge on any atom is 0.130 e. The molecule has 1 atom stereocenters. The summed E-state index contributed by atoms with van der Waals surface area (Å²) >= 11 is 0. The second kappa shape index (κ2) is 4.71. The van der Waals surface area contributed by atoms with E-state index in [4.69, 9.17) is 10.5 Å². The van der Waals surface area contributed by atoms with E-state index >= 15 is 0 Å². The smallest absolute Gasteiger partial charge is 0.130 e. The van der Waals surface area contributed by atoms with Gasteiger partial charge in [-0.15, -0.1) is 0 Å². The third-order valence-corrected chi connectivity index (χ3v) is 3.67. The predicted octanol–water partition coefficient (Wildman–Crippen LogP) is 3.23. The van der Waals surface area contributed by atoms with Crippen molar-refractivity contribution in [3.8, 4) is 16.9 Å². The zero-order valence-corrected chi connectivity index (χ0v) is 11.4. The average Bonchev–Trinajstić information content (AvgIpc) is 2.81. The fourth-order valence-electron chi connectivity index (χ4n) is 2.67. The molecule has 1 aliphatic rings. The van der Waals surface area contributed by atoms with E-state index in [1.54, 1.807) is 0 Å². The zero-order chi connectivity index (χ0) is 13.4. The van der Waals surface area contributed by atoms with Crippen molar-refractivity contribution in [1.29, 1.82) is 0 Å². The number of ether oxygens (including phenoxy) is 1. The molecule has 0 amide bonds. The lowest BCUT2D eigenvalue weighted by atomic mass is 9.97. The van der Waals surface area contributed by atoms with E-state index in [2.05, 4.69) is 50.2 Å². The number of aryl methyl sites for hydroxylation is 2. The molecule has 3 rings (SSSR count). The van der Waals surface area contributed by atoms with Crippen LogP contribution in [0.15, 0.2) is 36.4 Å². The molecule has 2 aromatic carbocycles. The lowest BCUT2D eigenvalue weighted by Gasteiger charge is -2.12. The van der Waals surface area contributed by atoms with E-state index in [1.165, 1.54) is 27.8 Å². The second-order valence-electron chi connectivity index (χ2n) is 5.35. The Balaban J connectivity index is 2.10. The van der Waals surface area contributed by atoms with Crippen molar-refractivity contribution in [2.45, 2.75) is 26.4 Å². The van der Waals surface area contributed by atoms with Crippen LogP contribution in [0.4, 0.5) is 0 Å². The van der Waals surface area contributed by atoms with Gasteiger partial charge in [0.25, 0.3) is 0 Å². The summed E-state index contributed by atoms with van der Waals surface area (Å²) < 4.78 is 6.00. The monoisotopic (exact) mass is 253 g/mol. The van der Waals surface area contributed by atoms with Gasteiger partial charge in [-0.2, -0.15) is 0 Å². The molecule has 0 saturated heterocycles. The van der Waals surface area contributed by atoms with Gasteiger partial charge in [0, 0.05) is 18.5 Å². The first kappa shape index (κ1) is 12.2. The summed E-state index contributed by atoms with van der Waals surface area (Å²) in [6.07, 6.45) is 1.05. The van der Waals surface area contributed by atoms with E-state index in [0.717, 1.165) is 12.2 Å². The lowest BCUT2D eigenvalue weighted by Crippen LogP contribution is -2.24. The summed E-state index contributed by atoms with van der Waals surface area (Å²) in [7, 11) is 0. The predicted molar refractivity (Wildman–Crippen MR) is 78.5 cm³/mol. The summed E-state index contributed by atoms with van der Waals surface area (Å²) in [6.45, 7) is 4.81. The zero-order valence-electron chi connectivity index (χ0n) is 11.4. The molecule has 0 unspecified atom stereocenters. The summed E-state index contributed by atoms with van der Waals surface area (Å²) in [4.78, 5) is 0. The third kappa shape index (κ3) is 2.24. The van der Waals surface area contributed by atoms with E-state index in [9.17, 15) is 0 Å². The molecule has 0 aliphatic carbocycles. The van der Waals surface area contributed by atoms with Crippen LogP contribution >= 0.6 is 0 Å². The van der Waals surface area contributed by atoms with Crippen molar-refractivity contribution in [2.24, 2.45) is 5.73 Å². The first-order valence-electron chi connectivity index (χ1n) is 6.74. The largest absolute Gasteiger partial charge is 0.488 e. The normalized spacial score (nSPS) is 17.1. The van der Waals surface area contributed by atoms with Gasteiger partial charge in [0.05, 0.1) is 0 Å². The van der Waals surface area contributed by atoms with E-state index < -0.39 is 0 Å². The van der Waals surface area contributed by atoms with Gasteiger partial charge in [-0.1, -0.05) is 35.9 Å². The Morgan fingerprint density at radius 2 is 1.84 bits per heavy atom. The number of benzene rings is 2. The highest BCUT2D eigenvalue weighted by Crippen LogP contribution is 2.39. The molecular formula is C17H19NO. The molecule has 1 aliphatic heterocycles. The summed E-state index contributed by atoms with van der Waals surface area (Å²) in [5, 5.41) is 0. The van der Waals surface area contributed by atoms with Crippen LogP contribution < -0.4 is 10.5 Å². The topological polar surface area (TPSA) is 35.2 Å². The van der Waals surface area contributed by atoms with Crippen LogP contribution in [0.25, 0.3) is 11.1 Å². The number of rotatable bonds is 2. The molecule has 0 bridgehead atoms. The first-order chi connectivity index (χ1) is 9.17. The molecule has 0 spiro atoms. The molecule has 98 valence electrons. The lowest BCUT2D eigenvalue weighted by molar-refractivity contribution is 0.242. The quantitative estimate of drug-likeness (QED) is 0.891. The summed E-state index contributed by atoms with van der Waals surface area (Å²) in [5.74, 6) is 1.02. The van der Waals surface area contributed by atoms with Crippen LogP contribution in [0.5, 0.6) is 5.75 Å². The molecule has 2 N–H and O–H groups in total. The molecule has 2 nitrogen and oxygen atoms in total. The minimum Gasteiger partial charge on any atom is -0.488 e. The van der Waals surface area contributed by atoms with Crippen molar-refractivity contribution in [2.75, 3.05) is 6.54 Å². The van der Waals surface area contributed by atoms with Gasteiger partial charge in [0.2, 0.25) is 0 Å². The summed E-state index contributed by atoms with van der Waals surface area (Å²) in [5.41, 5.74) is 12.0. The molecule has 0 radical (unpaired) electrons. The fraction of sp³-hybridized carbons (Fsp3) is 0.294. The van der Waals surface area contributed by atoms with Crippen molar-refractivity contribution >= 4 is 0 Å². The maximum absolute atomic E-state index is 6.00. The number of nitrogens with two attached hydrogens (primary N) is 1. The van der Waals surface area contributed by atoms with Crippen LogP contribution in [0.1, 0.15) is 16.7 Å². The molecule has 1 heterocycles. The highest BCUT2D eigenvalue weighted by Gasteiger charge is 2.25. The molecule has 19 heavy (non-hydrogen) atoms. The van der Waals surface area contributed by atoms with Gasteiger partial charge in [-0.3, -0.25) is 0 Å². The van der Waals surface area contributed by atoms with Crippen LogP contribution in [0.3, 0.4) is 0 Å². The fourth-order valence-corrected chi connectivity index (χ4v) is 2.67. The van der Waals surface area contributed by atoms with Crippen LogP contribution in [-0.4, -0.2) is 12.6 Å². The van der Waals surface area contributed by atoms with Gasteiger partial charge in [0.1, 0.15) is 11.9 Å². The molecule has 2 aromatic rings. The van der Waals surface area contributed by atoms with Crippen molar-refractivity contribution in [3.63, 3.8) is 0 Å². The first-order valence-corrected chi connectivity index (χ1v) is 6.74. The highest BCUT2D eigenvalue weighted by atomic mass is 16.5. The van der Waals surface area contributed by atoms with E-state index in [1.807, 2.05) is 0 Å². The highest BCUT2D eigenvalue weighted by molar-refractivity contribution is 5.74. The van der Waals surface area contributed by atoms with Gasteiger partial charge in [0.15, 0.2) is 0 Å². The van der Waals surface area contributed by atoms with Crippen molar-refractivity contribution in [1.82, 2.24) is 0 Å². The Morgan fingerprint density at radius 3 is 2.53 bits per heavy atom. The Kier molecular flexibility index (Phi) is 3.03. The Hall–Kier alpha value is -1.80. The molecule has 0 fully saturated rings. The average molecular weight is 253 g/mol. The number of hydrogen-bond donors (Lipinski definition) is 1. The maximum atomic E-state index is 6.00. The van der Waals surface area contributed by atoms with Crippen molar-refractivity contribution in [3.05, 3.63) is 53.1 Å². The van der Waals surface area contributed by atoms with E-state index in [-0.39, 0.29) is 6.10 Å². The minimum absolute atomic E-state index is 0.126. The number of fused-ring (bicyclic) bond motifs is 1. The summed E-state index contributed by atoms with van der Waals surface area (Å²) in [6, 6.07) is 13.0. The van der Waals surface area contributed by atoms with Gasteiger partial charge < -0.3 is 10.5 Å². The molecular weight excluding hydrogens is 234 g/mol. The second-order valence-corrected chi connectivity index (χ2v) is 5.35. The van der Waals surface area contributed by atoms with Gasteiger partial charge in [-0.05, 0) is 36.6 Å². The molecule has 0 saturated carbocycles. The van der Waals surface area contributed by atoms with Crippen LogP contribution in [0, 0.1) is 13.8 Å². The van der Waals surface area contributed by atoms with Crippen LogP contribution in [0.2, 0.25) is 0 Å².